The number of likely N-dealkylation sites (N-methyl/N-ethyl adjacent to an activating group) is 2. The first kappa shape index (κ1) is 92.8. The van der Waals surface area contributed by atoms with Gasteiger partial charge >= 0.3 is 0 Å². The van der Waals surface area contributed by atoms with Crippen molar-refractivity contribution in [2.45, 2.75) is 198 Å². The lowest BCUT2D eigenvalue weighted by molar-refractivity contribution is -0.138. The number of nitrogens with one attached hydrogen (secondary N) is 7. The van der Waals surface area contributed by atoms with E-state index in [0.717, 1.165) is 169 Å². The number of piperidine rings is 6. The molecule has 7 N–H and O–H groups in total. The molecule has 2 aliphatic carbocycles. The van der Waals surface area contributed by atoms with Crippen molar-refractivity contribution in [2.24, 2.45) is 34.5 Å². The maximum atomic E-state index is 16.8. The number of anilines is 8. The summed E-state index contributed by atoms with van der Waals surface area (Å²) in [6.45, 7) is 22.4. The molecular weight excluding hydrogens is 1740 g/mol. The second kappa shape index (κ2) is 38.1. The SMILES string of the molecule is CN(CCNc1cc(N2CCC3(CC2)CN(c2cc(F)c(CN4CCC(C)(C)CC4)cc2F)CC(=O)N3)nc(CC2(C)CCN(Cc3cc(F)c(N4CC(=O)NC5(CCN(c6cc(NCCN(C)[C@@H]7C[C@@H]8CN(c9ccc%10c(c9)CN(C9CCC(=O)NC9=O)C%10=O)C[C@@H]8C7)ncn6)CC5)C4)cc3F)CC2)n1)C1C[C@@H]2CN(CCCNc3ccc4c(c3)CN(C3CCC(=O)NC3=O)C4=O)C[C@@H]2C1. The Morgan fingerprint density at radius 1 is 0.463 bits per heavy atom. The van der Waals surface area contributed by atoms with Crippen LogP contribution in [0.15, 0.2) is 79.1 Å². The molecule has 0 bridgehead atoms. The Balaban J connectivity index is 0.426. The van der Waals surface area contributed by atoms with Crippen LogP contribution >= 0.6 is 0 Å². The van der Waals surface area contributed by atoms with Crippen molar-refractivity contribution in [2.75, 3.05) is 199 Å². The second-order valence-corrected chi connectivity index (χ2v) is 43.2. The number of rotatable bonds is 28. The van der Waals surface area contributed by atoms with Crippen molar-refractivity contribution >= 4 is 93.3 Å². The third-order valence-corrected chi connectivity index (χ3v) is 33.2. The predicted molar refractivity (Wildman–Crippen MR) is 509 cm³/mol. The molecule has 0 radical (unpaired) electrons. The Labute approximate surface area is 793 Å². The molecule has 6 aromatic rings. The Kier molecular flexibility index (Phi) is 26.0. The molecule has 14 aliphatic rings. The zero-order valence-electron chi connectivity index (χ0n) is 79.2. The van der Waals surface area contributed by atoms with Gasteiger partial charge in [0.15, 0.2) is 0 Å². The Morgan fingerprint density at radius 2 is 0.956 bits per heavy atom. The van der Waals surface area contributed by atoms with Gasteiger partial charge in [-0.05, 0) is 237 Å². The largest absolute Gasteiger partial charge is 0.385 e. The lowest BCUT2D eigenvalue weighted by Gasteiger charge is -2.48. The number of aromatic nitrogens is 4. The maximum absolute atomic E-state index is 16.8. The average Bonchev–Trinajstić information content (AvgIpc) is 0.918. The standard InChI is InChI=1S/C101H131F4N23O8/c1-98(2)15-27-119(28-16-98)52-69-43-79(104)83(45-77(69)102)126-59-93(132)116-101(61-126)21-33-123(34-22-101)89-48-86(108-25-36-118(5)73-38-63-50-121(51-64(63)39-73)26-6-23-106-71-7-9-75-67(37-71)56-127(96(75)135)81-11-13-90(129)113-94(81)133)111-87(112-89)49-99(3)17-29-120(30-18-99)53-70-44-80(105)84(46-78(70)103)125-58-92(131)115-100(60-125)19-31-122(32-20-100)88-47-85(109-62-110-88)107-24-35-117(4)74-40-65-54-124(55-66(65)41-74)72-8-10-76-68(42-72)57-128(97(76)136)82-12-14-91(130)114-95(82)134/h7-10,37,42-48,62-66,73-74,81-82,106H,6,11-36,38-41,49-61H2,1-5H3,(H,115,131)(H,116,132)(H,107,109,110)(H,108,111,112)(H,113,129,133)(H,114,130,134)/t63-,64+,65-,66+,73?,74-,81?,82?. The van der Waals surface area contributed by atoms with Crippen LogP contribution in [0.3, 0.4) is 0 Å². The van der Waals surface area contributed by atoms with Crippen LogP contribution in [-0.4, -0.2) is 295 Å². The molecule has 2 spiro atoms. The molecule has 20 rings (SSSR count). The normalized spacial score (nSPS) is 26.1. The molecule has 8 amide bonds. The number of likely N-dealkylation sites (tertiary alicyclic amines) is 3. The number of benzene rings is 4. The highest BCUT2D eigenvalue weighted by Gasteiger charge is 2.50. The van der Waals surface area contributed by atoms with Gasteiger partial charge in [-0.15, -0.1) is 0 Å². The molecule has 35 heteroatoms. The first-order chi connectivity index (χ1) is 65.4. The van der Waals surface area contributed by atoms with Crippen molar-refractivity contribution in [3.05, 3.63) is 142 Å². The molecule has 8 atom stereocenters. The summed E-state index contributed by atoms with van der Waals surface area (Å²) in [5.41, 5.74) is 4.44. The summed E-state index contributed by atoms with van der Waals surface area (Å²) >= 11 is 0. The van der Waals surface area contributed by atoms with Crippen molar-refractivity contribution in [3.8, 4) is 0 Å². The molecule has 12 fully saturated rings. The number of carbonyl (C=O) groups excluding carboxylic acids is 8. The fraction of sp³-hybridized carbons (Fsp3) is 0.604. The van der Waals surface area contributed by atoms with Crippen LogP contribution in [0.25, 0.3) is 0 Å². The number of hydrogen-bond donors (Lipinski definition) is 7. The van der Waals surface area contributed by atoms with Gasteiger partial charge in [-0.3, -0.25) is 58.8 Å². The van der Waals surface area contributed by atoms with Crippen molar-refractivity contribution in [3.63, 3.8) is 0 Å². The fourth-order valence-corrected chi connectivity index (χ4v) is 24.9. The van der Waals surface area contributed by atoms with Gasteiger partial charge in [-0.1, -0.05) is 20.8 Å². The van der Waals surface area contributed by atoms with Gasteiger partial charge in [0.05, 0.1) is 35.5 Å². The summed E-state index contributed by atoms with van der Waals surface area (Å²) in [6, 6.07) is 20.6. The Bertz CT molecular complexity index is 5550. The van der Waals surface area contributed by atoms with E-state index in [4.69, 9.17) is 9.97 Å². The third-order valence-electron chi connectivity index (χ3n) is 33.2. The molecule has 726 valence electrons. The molecule has 31 nitrogen and oxygen atoms in total. The highest BCUT2D eigenvalue weighted by molar-refractivity contribution is 6.07. The van der Waals surface area contributed by atoms with Crippen molar-refractivity contribution in [1.82, 2.24) is 75.5 Å². The van der Waals surface area contributed by atoms with E-state index in [-0.39, 0.29) is 95.7 Å². The van der Waals surface area contributed by atoms with Crippen LogP contribution in [0.5, 0.6) is 0 Å². The minimum Gasteiger partial charge on any atom is -0.385 e. The number of halogens is 4. The van der Waals surface area contributed by atoms with E-state index < -0.39 is 58.2 Å². The van der Waals surface area contributed by atoms with Gasteiger partial charge in [-0.2, -0.15) is 0 Å². The summed E-state index contributed by atoms with van der Waals surface area (Å²) in [6.07, 6.45) is 14.4. The first-order valence-electron chi connectivity index (χ1n) is 49.8. The van der Waals surface area contributed by atoms with E-state index in [1.165, 1.54) is 24.3 Å². The molecule has 2 saturated carbocycles. The average molecular weight is 1870 g/mol. The van der Waals surface area contributed by atoms with Crippen LogP contribution in [0.4, 0.5) is 63.6 Å². The molecule has 10 saturated heterocycles. The lowest BCUT2D eigenvalue weighted by Crippen LogP contribution is -2.66. The number of nitrogens with zero attached hydrogens (tertiary/aromatic N) is 16. The lowest BCUT2D eigenvalue weighted by atomic mass is 9.77. The van der Waals surface area contributed by atoms with Crippen LogP contribution in [0, 0.1) is 57.8 Å². The third kappa shape index (κ3) is 20.0. The van der Waals surface area contributed by atoms with E-state index in [1.54, 1.807) is 25.9 Å². The van der Waals surface area contributed by atoms with Crippen LogP contribution in [0.1, 0.15) is 179 Å². The van der Waals surface area contributed by atoms with E-state index in [1.807, 2.05) is 42.5 Å². The Morgan fingerprint density at radius 3 is 1.49 bits per heavy atom. The number of carbonyl (C=O) groups is 8. The minimum absolute atomic E-state index is 0.0693. The molecule has 14 heterocycles. The van der Waals surface area contributed by atoms with Crippen LogP contribution < -0.4 is 61.7 Å². The molecular formula is C101H131F4N23O8. The molecule has 12 aliphatic heterocycles. The minimum atomic E-state index is -0.687. The van der Waals surface area contributed by atoms with Crippen molar-refractivity contribution < 1.29 is 55.9 Å². The maximum Gasteiger partial charge on any atom is 0.255 e. The predicted octanol–water partition coefficient (Wildman–Crippen LogP) is 8.58. The number of fused-ring (bicyclic) bond motifs is 4. The summed E-state index contributed by atoms with van der Waals surface area (Å²) in [7, 11) is 4.42. The number of amides is 8. The van der Waals surface area contributed by atoms with E-state index in [0.29, 0.717) is 188 Å². The van der Waals surface area contributed by atoms with Gasteiger partial charge in [0, 0.05) is 214 Å². The Hall–Kier alpha value is -10.9. The van der Waals surface area contributed by atoms with Gasteiger partial charge in [0.25, 0.3) is 11.8 Å². The number of imide groups is 2. The monoisotopic (exact) mass is 1870 g/mol. The highest BCUT2D eigenvalue weighted by Crippen LogP contribution is 2.46. The highest BCUT2D eigenvalue weighted by atomic mass is 19.1. The van der Waals surface area contributed by atoms with E-state index >= 15 is 17.6 Å². The van der Waals surface area contributed by atoms with Gasteiger partial charge in [0.2, 0.25) is 35.4 Å². The smallest absolute Gasteiger partial charge is 0.255 e. The molecule has 2 aromatic heterocycles. The molecule has 4 aromatic carbocycles. The van der Waals surface area contributed by atoms with E-state index in [9.17, 15) is 38.4 Å². The van der Waals surface area contributed by atoms with Crippen LogP contribution in [-0.2, 0) is 61.4 Å². The topological polar surface area (TPSA) is 311 Å². The summed E-state index contributed by atoms with van der Waals surface area (Å²) < 4.78 is 65.8. The zero-order valence-corrected chi connectivity index (χ0v) is 79.2. The van der Waals surface area contributed by atoms with E-state index in [2.05, 4.69) is 127 Å². The van der Waals surface area contributed by atoms with Gasteiger partial charge in [-0.25, -0.2) is 37.5 Å². The number of hydrogen-bond acceptors (Lipinski definition) is 25. The van der Waals surface area contributed by atoms with Crippen LogP contribution in [0.2, 0.25) is 0 Å². The first-order valence-corrected chi connectivity index (χ1v) is 49.8. The second-order valence-electron chi connectivity index (χ2n) is 43.2. The summed E-state index contributed by atoms with van der Waals surface area (Å²) in [5.74, 6) is 1.70. The van der Waals surface area contributed by atoms with Gasteiger partial charge < -0.3 is 75.6 Å². The summed E-state index contributed by atoms with van der Waals surface area (Å²) in [5, 5.41) is 22.2. The van der Waals surface area contributed by atoms with Crippen molar-refractivity contribution in [1.29, 1.82) is 0 Å². The number of piperazine rings is 2. The summed E-state index contributed by atoms with van der Waals surface area (Å²) in [4.78, 5) is 148. The quantitative estimate of drug-likeness (QED) is 0.0137. The molecule has 136 heavy (non-hydrogen) atoms. The molecule has 3 unspecified atom stereocenters. The fourth-order valence-electron chi connectivity index (χ4n) is 24.9. The van der Waals surface area contributed by atoms with Gasteiger partial charge in [0.1, 0.15) is 70.8 Å². The zero-order chi connectivity index (χ0) is 94.2.